The molecule has 1 aliphatic rings. The van der Waals surface area contributed by atoms with Gasteiger partial charge in [0.1, 0.15) is 11.7 Å². The van der Waals surface area contributed by atoms with Gasteiger partial charge in [-0.25, -0.2) is 4.79 Å². The molecule has 0 amide bonds. The lowest BCUT2D eigenvalue weighted by Gasteiger charge is -2.50. The van der Waals surface area contributed by atoms with Crippen LogP contribution < -0.4 is 20.7 Å². The Kier molecular flexibility index (Phi) is 7.82. The van der Waals surface area contributed by atoms with Gasteiger partial charge in [0.25, 0.3) is 5.56 Å². The van der Waals surface area contributed by atoms with Crippen LogP contribution in [0.2, 0.25) is 0 Å². The van der Waals surface area contributed by atoms with Crippen LogP contribution in [-0.2, 0) is 15.9 Å². The molecule has 220 valence electrons. The van der Waals surface area contributed by atoms with Gasteiger partial charge in [-0.2, -0.15) is 0 Å². The van der Waals surface area contributed by atoms with Gasteiger partial charge in [0, 0.05) is 23.7 Å². The summed E-state index contributed by atoms with van der Waals surface area (Å²) >= 11 is 0. The molecule has 0 unspecified atom stereocenters. The Morgan fingerprint density at radius 1 is 0.952 bits per heavy atom. The molecular formula is C32H34N2O8. The van der Waals surface area contributed by atoms with Crippen molar-refractivity contribution in [2.45, 2.75) is 36.2 Å². The molecule has 1 saturated heterocycles. The highest BCUT2D eigenvalue weighted by molar-refractivity contribution is 5.62. The number of aromatic nitrogens is 2. The van der Waals surface area contributed by atoms with E-state index >= 15 is 0 Å². The van der Waals surface area contributed by atoms with Crippen molar-refractivity contribution in [1.29, 1.82) is 0 Å². The fraction of sp³-hybridized carbons (Fsp3) is 0.312. The lowest BCUT2D eigenvalue weighted by Crippen LogP contribution is -2.59. The molecule has 0 saturated carbocycles. The second kappa shape index (κ2) is 11.2. The van der Waals surface area contributed by atoms with Crippen molar-refractivity contribution in [3.8, 4) is 11.5 Å². The number of H-pyrrole nitrogens is 1. The first kappa shape index (κ1) is 29.3. The molecule has 42 heavy (non-hydrogen) atoms. The molecule has 10 nitrogen and oxygen atoms in total. The summed E-state index contributed by atoms with van der Waals surface area (Å²) < 4.78 is 19.7. The highest BCUT2D eigenvalue weighted by Crippen LogP contribution is 2.60. The molecule has 0 aliphatic carbocycles. The van der Waals surface area contributed by atoms with Gasteiger partial charge >= 0.3 is 5.69 Å². The molecule has 0 radical (unpaired) electrons. The number of methoxy groups -OCH3 is 2. The molecule has 3 aromatic carbocycles. The van der Waals surface area contributed by atoms with Crippen LogP contribution in [0.3, 0.4) is 0 Å². The third kappa shape index (κ3) is 4.26. The van der Waals surface area contributed by atoms with Crippen LogP contribution in [0.25, 0.3) is 0 Å². The Bertz CT molecular complexity index is 1630. The summed E-state index contributed by atoms with van der Waals surface area (Å²) in [7, 11) is 3.01. The monoisotopic (exact) mass is 574 g/mol. The van der Waals surface area contributed by atoms with Crippen molar-refractivity contribution < 1.29 is 29.5 Å². The summed E-state index contributed by atoms with van der Waals surface area (Å²) in [6.07, 6.45) is -0.298. The van der Waals surface area contributed by atoms with Gasteiger partial charge in [0.05, 0.1) is 32.8 Å². The number of hydrogen-bond acceptors (Lipinski definition) is 8. The Morgan fingerprint density at radius 3 is 2.07 bits per heavy atom. The highest BCUT2D eigenvalue weighted by atomic mass is 16.6. The second-order valence-electron chi connectivity index (χ2n) is 10.5. The summed E-state index contributed by atoms with van der Waals surface area (Å²) in [6, 6.07) is 23.9. The average molecular weight is 575 g/mol. The van der Waals surface area contributed by atoms with E-state index in [1.807, 2.05) is 66.7 Å². The maximum atomic E-state index is 13.9. The standard InChI is InChI=1S/C32H34N2O8/c1-21-17-34(29(38)33-28(21)37)31(19-30(39,20-36)26(18-35)42-31)32(22-11-6-4-7-12-22,23-13-8-5-9-14-23)24-15-10-16-25(40-2)27(24)41-3/h4-17,26,35-36,39H,18-20H2,1-3H3,(H,33,37,38)/t26-,30-,31+/m1/s1. The van der Waals surface area contributed by atoms with Crippen molar-refractivity contribution in [1.82, 2.24) is 9.55 Å². The number of aromatic amines is 1. The molecular weight excluding hydrogens is 540 g/mol. The van der Waals surface area contributed by atoms with Gasteiger partial charge in [-0.15, -0.1) is 0 Å². The number of hydrogen-bond donors (Lipinski definition) is 4. The highest BCUT2D eigenvalue weighted by Gasteiger charge is 2.68. The van der Waals surface area contributed by atoms with Crippen LogP contribution in [0.1, 0.15) is 28.7 Å². The number of nitrogens with one attached hydrogen (secondary N) is 1. The van der Waals surface area contributed by atoms with E-state index in [4.69, 9.17) is 14.2 Å². The van der Waals surface area contributed by atoms with Gasteiger partial charge < -0.3 is 29.5 Å². The number of rotatable bonds is 9. The summed E-state index contributed by atoms with van der Waals surface area (Å²) in [5.41, 5.74) is -4.79. The lowest BCUT2D eigenvalue weighted by molar-refractivity contribution is -0.156. The number of nitrogens with zero attached hydrogens (tertiary/aromatic N) is 1. The van der Waals surface area contributed by atoms with Gasteiger partial charge in [0.15, 0.2) is 17.2 Å². The van der Waals surface area contributed by atoms with Crippen molar-refractivity contribution >= 4 is 0 Å². The van der Waals surface area contributed by atoms with Crippen LogP contribution >= 0.6 is 0 Å². The topological polar surface area (TPSA) is 143 Å². The average Bonchev–Trinajstić information content (AvgIpc) is 3.33. The lowest BCUT2D eigenvalue weighted by atomic mass is 9.60. The quantitative estimate of drug-likeness (QED) is 0.223. The molecule has 5 rings (SSSR count). The molecule has 4 N–H and O–H groups in total. The van der Waals surface area contributed by atoms with E-state index in [1.165, 1.54) is 25.0 Å². The smallest absolute Gasteiger partial charge is 0.330 e. The predicted molar refractivity (Wildman–Crippen MR) is 155 cm³/mol. The van der Waals surface area contributed by atoms with Crippen molar-refractivity contribution in [3.63, 3.8) is 0 Å². The summed E-state index contributed by atoms with van der Waals surface area (Å²) in [5.74, 6) is 0.741. The minimum atomic E-state index is -1.99. The fourth-order valence-electron chi connectivity index (χ4n) is 6.36. The number of ether oxygens (including phenoxy) is 3. The third-order valence-electron chi connectivity index (χ3n) is 8.24. The number of aliphatic hydroxyl groups excluding tert-OH is 2. The first-order valence-corrected chi connectivity index (χ1v) is 13.5. The van der Waals surface area contributed by atoms with Crippen molar-refractivity contribution in [3.05, 3.63) is 128 Å². The van der Waals surface area contributed by atoms with Crippen LogP contribution in [0.15, 0.2) is 94.6 Å². The van der Waals surface area contributed by atoms with E-state index in [1.54, 1.807) is 19.1 Å². The first-order valence-electron chi connectivity index (χ1n) is 13.5. The second-order valence-corrected chi connectivity index (χ2v) is 10.5. The number of para-hydroxylation sites is 1. The molecule has 2 heterocycles. The van der Waals surface area contributed by atoms with Gasteiger partial charge in [-0.3, -0.25) is 14.3 Å². The maximum Gasteiger partial charge on any atom is 0.330 e. The molecule has 10 heteroatoms. The van der Waals surface area contributed by atoms with Gasteiger partial charge in [0.2, 0.25) is 0 Å². The van der Waals surface area contributed by atoms with Crippen LogP contribution in [-0.4, -0.2) is 64.0 Å². The zero-order chi connectivity index (χ0) is 30.1. The Balaban J connectivity index is 2.09. The number of aryl methyl sites for hydroxylation is 1. The predicted octanol–water partition coefficient (Wildman–Crippen LogP) is 2.05. The van der Waals surface area contributed by atoms with E-state index in [2.05, 4.69) is 4.98 Å². The molecule has 1 aromatic heterocycles. The normalized spacial score (nSPS) is 22.2. The minimum Gasteiger partial charge on any atom is -0.493 e. The first-order chi connectivity index (χ1) is 20.2. The summed E-state index contributed by atoms with van der Waals surface area (Å²) in [5, 5.41) is 32.8. The summed E-state index contributed by atoms with van der Waals surface area (Å²) in [6.45, 7) is 0.120. The third-order valence-corrected chi connectivity index (χ3v) is 8.24. The van der Waals surface area contributed by atoms with E-state index in [9.17, 15) is 24.9 Å². The zero-order valence-electron chi connectivity index (χ0n) is 23.6. The van der Waals surface area contributed by atoms with Gasteiger partial charge in [-0.05, 0) is 24.1 Å². The molecule has 1 fully saturated rings. The number of aliphatic hydroxyl groups is 3. The van der Waals surface area contributed by atoms with E-state index in [-0.39, 0.29) is 12.0 Å². The maximum absolute atomic E-state index is 13.9. The van der Waals surface area contributed by atoms with Crippen LogP contribution in [0, 0.1) is 6.92 Å². The van der Waals surface area contributed by atoms with E-state index < -0.39 is 47.3 Å². The largest absolute Gasteiger partial charge is 0.493 e. The fourth-order valence-corrected chi connectivity index (χ4v) is 6.36. The van der Waals surface area contributed by atoms with E-state index in [0.29, 0.717) is 28.2 Å². The van der Waals surface area contributed by atoms with Crippen molar-refractivity contribution in [2.75, 3.05) is 27.4 Å². The SMILES string of the molecule is COc1cccc(C(c2ccccc2)(c2ccccc2)[C@]2(n3cc(C)c(=O)[nH]c3=O)C[C@@](O)(CO)[C@@H](CO)O2)c1OC. The Morgan fingerprint density at radius 2 is 1.57 bits per heavy atom. The van der Waals surface area contributed by atoms with Crippen LogP contribution in [0.5, 0.6) is 11.5 Å². The molecule has 0 bridgehead atoms. The Labute approximate surface area is 242 Å². The molecule has 1 aliphatic heterocycles. The molecule has 4 aromatic rings. The van der Waals surface area contributed by atoms with Gasteiger partial charge in [-0.1, -0.05) is 72.8 Å². The van der Waals surface area contributed by atoms with Crippen molar-refractivity contribution in [2.24, 2.45) is 0 Å². The Hall–Kier alpha value is -4.22. The summed E-state index contributed by atoms with van der Waals surface area (Å²) in [4.78, 5) is 28.8. The van der Waals surface area contributed by atoms with Crippen LogP contribution in [0.4, 0.5) is 0 Å². The van der Waals surface area contributed by atoms with E-state index in [0.717, 1.165) is 0 Å². The minimum absolute atomic E-state index is 0.213. The zero-order valence-corrected chi connectivity index (χ0v) is 23.6. The molecule has 0 spiro atoms. The molecule has 3 atom stereocenters. The number of benzene rings is 3.